The SMILES string of the molecule is CC1CCCCC12NC(=O)N(CC(O)COCc1ccccc1Cl)C2=O. The zero-order valence-corrected chi connectivity index (χ0v) is 15.7. The van der Waals surface area contributed by atoms with Crippen molar-refractivity contribution in [2.24, 2.45) is 5.92 Å². The van der Waals surface area contributed by atoms with Gasteiger partial charge in [-0.25, -0.2) is 4.79 Å². The number of hydrogen-bond donors (Lipinski definition) is 2. The third-order valence-electron chi connectivity index (χ3n) is 5.42. The Bertz CT molecular complexity index is 683. The molecule has 6 nitrogen and oxygen atoms in total. The van der Waals surface area contributed by atoms with Crippen LogP contribution in [0.1, 0.15) is 38.2 Å². The number of ether oxygens (including phenoxy) is 1. The van der Waals surface area contributed by atoms with Crippen LogP contribution in [-0.4, -0.2) is 46.7 Å². The van der Waals surface area contributed by atoms with E-state index in [1.54, 1.807) is 6.07 Å². The molecular weight excluding hydrogens is 356 g/mol. The van der Waals surface area contributed by atoms with Gasteiger partial charge in [0.05, 0.1) is 25.9 Å². The molecule has 2 aliphatic rings. The maximum absolute atomic E-state index is 12.9. The van der Waals surface area contributed by atoms with Crippen LogP contribution in [0.3, 0.4) is 0 Å². The summed E-state index contributed by atoms with van der Waals surface area (Å²) < 4.78 is 5.50. The zero-order chi connectivity index (χ0) is 18.7. The molecule has 1 saturated carbocycles. The second-order valence-corrected chi connectivity index (χ2v) is 7.63. The van der Waals surface area contributed by atoms with Crippen molar-refractivity contribution in [1.29, 1.82) is 0 Å². The van der Waals surface area contributed by atoms with Crippen molar-refractivity contribution in [3.63, 3.8) is 0 Å². The summed E-state index contributed by atoms with van der Waals surface area (Å²) in [6.07, 6.45) is 2.64. The quantitative estimate of drug-likeness (QED) is 0.744. The monoisotopic (exact) mass is 380 g/mol. The van der Waals surface area contributed by atoms with Gasteiger partial charge < -0.3 is 15.2 Å². The predicted octanol–water partition coefficient (Wildman–Crippen LogP) is 2.72. The van der Waals surface area contributed by atoms with E-state index in [4.69, 9.17) is 16.3 Å². The van der Waals surface area contributed by atoms with E-state index >= 15 is 0 Å². The molecule has 2 N–H and O–H groups in total. The Hall–Kier alpha value is -1.63. The van der Waals surface area contributed by atoms with Crippen molar-refractivity contribution in [1.82, 2.24) is 10.2 Å². The van der Waals surface area contributed by atoms with Gasteiger partial charge in [0.25, 0.3) is 5.91 Å². The molecule has 3 atom stereocenters. The number of urea groups is 1. The molecule has 26 heavy (non-hydrogen) atoms. The lowest BCUT2D eigenvalue weighted by atomic mass is 9.73. The number of nitrogens with one attached hydrogen (secondary N) is 1. The smallest absolute Gasteiger partial charge is 0.325 e. The maximum Gasteiger partial charge on any atom is 0.325 e. The number of benzene rings is 1. The molecule has 3 rings (SSSR count). The van der Waals surface area contributed by atoms with Crippen molar-refractivity contribution in [2.45, 2.75) is 50.9 Å². The van der Waals surface area contributed by atoms with Crippen molar-refractivity contribution >= 4 is 23.5 Å². The van der Waals surface area contributed by atoms with Crippen molar-refractivity contribution in [3.05, 3.63) is 34.9 Å². The number of carbonyl (C=O) groups excluding carboxylic acids is 2. The summed E-state index contributed by atoms with van der Waals surface area (Å²) in [5.74, 6) is -0.119. The lowest BCUT2D eigenvalue weighted by molar-refractivity contribution is -0.135. The van der Waals surface area contributed by atoms with E-state index in [1.807, 2.05) is 25.1 Å². The highest BCUT2D eigenvalue weighted by molar-refractivity contribution is 6.31. The third-order valence-corrected chi connectivity index (χ3v) is 5.79. The average Bonchev–Trinajstić information content (AvgIpc) is 2.84. The average molecular weight is 381 g/mol. The highest BCUT2D eigenvalue weighted by Gasteiger charge is 2.54. The van der Waals surface area contributed by atoms with Gasteiger partial charge in [-0.2, -0.15) is 0 Å². The highest BCUT2D eigenvalue weighted by atomic mass is 35.5. The first-order valence-electron chi connectivity index (χ1n) is 9.07. The lowest BCUT2D eigenvalue weighted by Crippen LogP contribution is -2.54. The largest absolute Gasteiger partial charge is 0.389 e. The minimum absolute atomic E-state index is 0.0187. The summed E-state index contributed by atoms with van der Waals surface area (Å²) in [5.41, 5.74) is 0.0272. The van der Waals surface area contributed by atoms with Crippen molar-refractivity contribution in [2.75, 3.05) is 13.2 Å². The second kappa shape index (κ2) is 7.94. The van der Waals surface area contributed by atoms with E-state index < -0.39 is 17.7 Å². The van der Waals surface area contributed by atoms with Gasteiger partial charge in [-0.15, -0.1) is 0 Å². The molecule has 0 radical (unpaired) electrons. The van der Waals surface area contributed by atoms with Crippen LogP contribution in [0, 0.1) is 5.92 Å². The fourth-order valence-corrected chi connectivity index (χ4v) is 4.04. The molecule has 1 heterocycles. The molecule has 1 aromatic carbocycles. The summed E-state index contributed by atoms with van der Waals surface area (Å²) in [6.45, 7) is 2.22. The Balaban J connectivity index is 1.54. The first kappa shape index (κ1) is 19.1. The van der Waals surface area contributed by atoms with Crippen LogP contribution in [0.2, 0.25) is 5.02 Å². The number of hydrogen-bond acceptors (Lipinski definition) is 4. The number of imide groups is 1. The van der Waals surface area contributed by atoms with E-state index in [9.17, 15) is 14.7 Å². The number of aliphatic hydroxyl groups is 1. The van der Waals surface area contributed by atoms with E-state index in [2.05, 4.69) is 5.32 Å². The number of rotatable bonds is 6. The van der Waals surface area contributed by atoms with E-state index in [1.165, 1.54) is 0 Å². The molecule has 0 bridgehead atoms. The van der Waals surface area contributed by atoms with Gasteiger partial charge in [0, 0.05) is 5.02 Å². The molecule has 1 aliphatic carbocycles. The molecule has 1 spiro atoms. The van der Waals surface area contributed by atoms with Crippen LogP contribution < -0.4 is 5.32 Å². The number of aliphatic hydroxyl groups excluding tert-OH is 1. The summed E-state index contributed by atoms with van der Waals surface area (Å²) in [5, 5.41) is 13.7. The minimum Gasteiger partial charge on any atom is -0.389 e. The second-order valence-electron chi connectivity index (χ2n) is 7.22. The number of amides is 3. The van der Waals surface area contributed by atoms with E-state index in [0.29, 0.717) is 11.4 Å². The van der Waals surface area contributed by atoms with Crippen molar-refractivity contribution < 1.29 is 19.4 Å². The summed E-state index contributed by atoms with van der Waals surface area (Å²) >= 11 is 6.06. The molecule has 3 unspecified atom stereocenters. The Labute approximate surface area is 158 Å². The minimum atomic E-state index is -0.943. The van der Waals surface area contributed by atoms with E-state index in [0.717, 1.165) is 29.7 Å². The fraction of sp³-hybridized carbons (Fsp3) is 0.579. The van der Waals surface area contributed by atoms with Gasteiger partial charge in [0.2, 0.25) is 0 Å². The number of β-amino-alcohol motifs (C(OH)–C–C–N with tert-alkyl or cyclic N) is 1. The Morgan fingerprint density at radius 2 is 2.15 bits per heavy atom. The molecule has 7 heteroatoms. The Morgan fingerprint density at radius 3 is 2.88 bits per heavy atom. The first-order chi connectivity index (χ1) is 12.4. The molecule has 0 aromatic heterocycles. The summed E-state index contributed by atoms with van der Waals surface area (Å²) in [7, 11) is 0. The molecular formula is C19H25ClN2O4. The topological polar surface area (TPSA) is 78.9 Å². The first-order valence-corrected chi connectivity index (χ1v) is 9.45. The zero-order valence-electron chi connectivity index (χ0n) is 14.9. The molecule has 3 amide bonds. The maximum atomic E-state index is 12.9. The van der Waals surface area contributed by atoms with Crippen LogP contribution in [-0.2, 0) is 16.1 Å². The summed E-state index contributed by atoms with van der Waals surface area (Å²) in [6, 6.07) is 6.89. The fourth-order valence-electron chi connectivity index (χ4n) is 3.85. The predicted molar refractivity (Wildman–Crippen MR) is 97.7 cm³/mol. The normalized spacial score (nSPS) is 27.0. The van der Waals surface area contributed by atoms with Gasteiger partial charge in [-0.3, -0.25) is 9.69 Å². The lowest BCUT2D eigenvalue weighted by Gasteiger charge is -2.36. The Kier molecular flexibility index (Phi) is 5.85. The highest BCUT2D eigenvalue weighted by Crippen LogP contribution is 2.38. The van der Waals surface area contributed by atoms with Crippen LogP contribution in [0.15, 0.2) is 24.3 Å². The third kappa shape index (κ3) is 3.72. The van der Waals surface area contributed by atoms with Gasteiger partial charge in [-0.05, 0) is 30.4 Å². The van der Waals surface area contributed by atoms with Gasteiger partial charge in [-0.1, -0.05) is 49.6 Å². The molecule has 2 fully saturated rings. The van der Waals surface area contributed by atoms with Crippen LogP contribution >= 0.6 is 11.6 Å². The van der Waals surface area contributed by atoms with E-state index in [-0.39, 0.29) is 31.6 Å². The molecule has 1 aromatic rings. The van der Waals surface area contributed by atoms with Gasteiger partial charge in [0.1, 0.15) is 5.54 Å². The standard InChI is InChI=1S/C19H25ClN2O4/c1-13-6-4-5-9-19(13)17(24)22(18(25)21-19)10-15(23)12-26-11-14-7-2-3-8-16(14)20/h2-3,7-8,13,15,23H,4-6,9-12H2,1H3,(H,21,25). The molecule has 1 aliphatic heterocycles. The Morgan fingerprint density at radius 1 is 1.38 bits per heavy atom. The number of halogens is 1. The molecule has 142 valence electrons. The summed E-state index contributed by atoms with van der Waals surface area (Å²) in [4.78, 5) is 26.3. The van der Waals surface area contributed by atoms with Crippen molar-refractivity contribution in [3.8, 4) is 0 Å². The molecule has 1 saturated heterocycles. The number of carbonyl (C=O) groups is 2. The van der Waals surface area contributed by atoms with Crippen LogP contribution in [0.4, 0.5) is 4.79 Å². The van der Waals surface area contributed by atoms with Crippen LogP contribution in [0.5, 0.6) is 0 Å². The van der Waals surface area contributed by atoms with Gasteiger partial charge in [0.15, 0.2) is 0 Å². The van der Waals surface area contributed by atoms with Gasteiger partial charge >= 0.3 is 6.03 Å². The number of nitrogens with zero attached hydrogens (tertiary/aromatic N) is 1. The van der Waals surface area contributed by atoms with Crippen LogP contribution in [0.25, 0.3) is 0 Å².